The van der Waals surface area contributed by atoms with E-state index in [0.717, 1.165) is 5.69 Å². The third-order valence-corrected chi connectivity index (χ3v) is 4.64. The van der Waals surface area contributed by atoms with Gasteiger partial charge in [0, 0.05) is 18.5 Å². The molecule has 0 spiro atoms. The van der Waals surface area contributed by atoms with Crippen molar-refractivity contribution in [1.29, 1.82) is 0 Å². The van der Waals surface area contributed by atoms with Crippen LogP contribution in [0.25, 0.3) is 5.82 Å². The number of aromatic nitrogens is 3. The fraction of sp³-hybridized carbons (Fsp3) is 0.294. The standard InChI is InChI=1S/C17H17ClN6O/c1-17(2,3)12-8-20-21-24(12)14-15-22(4)16(25)13-10(18)6-5-7-11(13)23(15)9-19-14/h5-9H,1-4H3/q+1. The van der Waals surface area contributed by atoms with Gasteiger partial charge in [-0.15, -0.1) is 5.10 Å². The van der Waals surface area contributed by atoms with E-state index in [1.54, 1.807) is 35.2 Å². The Kier molecular flexibility index (Phi) is 3.35. The molecule has 0 saturated heterocycles. The Bertz CT molecular complexity index is 952. The molecule has 4 rings (SSSR count). The molecular formula is C17H17ClN6O+. The quantitative estimate of drug-likeness (QED) is 0.738. The number of amides is 1. The second-order valence-corrected chi connectivity index (χ2v) is 7.45. The molecule has 0 unspecified atom stereocenters. The van der Waals surface area contributed by atoms with Crippen molar-refractivity contribution in [2.45, 2.75) is 26.2 Å². The first-order chi connectivity index (χ1) is 11.8. The maximum absolute atomic E-state index is 12.9. The molecular weight excluding hydrogens is 340 g/mol. The highest BCUT2D eigenvalue weighted by molar-refractivity contribution is 6.35. The lowest BCUT2D eigenvalue weighted by Crippen LogP contribution is -2.42. The molecule has 3 heterocycles. The number of nitrogens with zero attached hydrogens (tertiary/aromatic N) is 6. The molecule has 127 valence electrons. The fourth-order valence-electron chi connectivity index (χ4n) is 3.06. The third-order valence-electron chi connectivity index (χ3n) is 4.33. The Labute approximate surface area is 150 Å². The zero-order chi connectivity index (χ0) is 17.9. The number of benzene rings is 1. The van der Waals surface area contributed by atoms with Crippen LogP contribution in [0.2, 0.25) is 5.02 Å². The van der Waals surface area contributed by atoms with Crippen LogP contribution >= 0.6 is 11.6 Å². The number of halogens is 1. The zero-order valence-corrected chi connectivity index (χ0v) is 15.1. The number of aliphatic imine (C=N–C) groups is 1. The van der Waals surface area contributed by atoms with Crippen molar-refractivity contribution in [3.8, 4) is 0 Å². The summed E-state index contributed by atoms with van der Waals surface area (Å²) in [6, 6.07) is 5.39. The average molecular weight is 357 g/mol. The van der Waals surface area contributed by atoms with E-state index in [1.807, 2.05) is 17.0 Å². The van der Waals surface area contributed by atoms with E-state index in [2.05, 4.69) is 36.1 Å². The summed E-state index contributed by atoms with van der Waals surface area (Å²) in [5, 5.41) is 8.65. The molecule has 0 atom stereocenters. The van der Waals surface area contributed by atoms with Crippen LogP contribution < -0.4 is 4.90 Å². The number of anilines is 1. The monoisotopic (exact) mass is 356 g/mol. The van der Waals surface area contributed by atoms with Crippen molar-refractivity contribution in [2.24, 2.45) is 4.99 Å². The molecule has 2 aliphatic heterocycles. The van der Waals surface area contributed by atoms with Gasteiger partial charge in [-0.25, -0.2) is 0 Å². The summed E-state index contributed by atoms with van der Waals surface area (Å²) in [5.41, 5.74) is 1.92. The van der Waals surface area contributed by atoms with E-state index >= 15 is 0 Å². The molecule has 25 heavy (non-hydrogen) atoms. The van der Waals surface area contributed by atoms with Crippen LogP contribution in [0.4, 0.5) is 5.69 Å². The number of hydrogen-bond donors (Lipinski definition) is 0. The van der Waals surface area contributed by atoms with E-state index in [9.17, 15) is 4.79 Å². The molecule has 1 amide bonds. The van der Waals surface area contributed by atoms with E-state index in [-0.39, 0.29) is 11.3 Å². The molecule has 1 aromatic carbocycles. The van der Waals surface area contributed by atoms with Gasteiger partial charge < -0.3 is 0 Å². The molecule has 0 bridgehead atoms. The van der Waals surface area contributed by atoms with Crippen LogP contribution in [0.15, 0.2) is 35.2 Å². The second kappa shape index (κ2) is 5.24. The normalized spacial score (nSPS) is 17.3. The summed E-state index contributed by atoms with van der Waals surface area (Å²) in [4.78, 5) is 20.8. The second-order valence-electron chi connectivity index (χ2n) is 7.04. The number of carbonyl (C=O) groups excluding carboxylic acids is 1. The van der Waals surface area contributed by atoms with E-state index in [1.165, 1.54) is 0 Å². The molecule has 1 aromatic heterocycles. The van der Waals surface area contributed by atoms with E-state index < -0.39 is 0 Å². The maximum Gasteiger partial charge on any atom is 0.318 e. The first kappa shape index (κ1) is 16.0. The predicted molar refractivity (Wildman–Crippen MR) is 95.8 cm³/mol. The highest BCUT2D eigenvalue weighted by Gasteiger charge is 2.48. The maximum atomic E-state index is 12.9. The highest BCUT2D eigenvalue weighted by Crippen LogP contribution is 2.39. The molecule has 0 aliphatic carbocycles. The minimum absolute atomic E-state index is 0.168. The molecule has 0 saturated carbocycles. The molecule has 1 radical (unpaired) electrons. The van der Waals surface area contributed by atoms with Crippen LogP contribution in [-0.4, -0.2) is 39.2 Å². The van der Waals surface area contributed by atoms with Crippen LogP contribution in [-0.2, 0) is 5.41 Å². The highest BCUT2D eigenvalue weighted by atomic mass is 35.5. The number of rotatable bonds is 1. The van der Waals surface area contributed by atoms with Crippen molar-refractivity contribution < 1.29 is 4.79 Å². The minimum atomic E-state index is -0.174. The van der Waals surface area contributed by atoms with E-state index in [0.29, 0.717) is 27.9 Å². The van der Waals surface area contributed by atoms with Crippen molar-refractivity contribution >= 4 is 35.4 Å². The Morgan fingerprint density at radius 3 is 2.72 bits per heavy atom. The van der Waals surface area contributed by atoms with Crippen LogP contribution in [0.5, 0.6) is 0 Å². The summed E-state index contributed by atoms with van der Waals surface area (Å²) in [5.74, 6) is 1.02. The minimum Gasteiger partial charge on any atom is -0.268 e. The Balaban J connectivity index is 1.94. The number of carbonyl (C=O) groups is 1. The largest absolute Gasteiger partial charge is 0.318 e. The van der Waals surface area contributed by atoms with Crippen molar-refractivity contribution in [2.75, 3.05) is 7.05 Å². The van der Waals surface area contributed by atoms with Gasteiger partial charge in [0.25, 0.3) is 12.2 Å². The van der Waals surface area contributed by atoms with Gasteiger partial charge in [0.1, 0.15) is 5.56 Å². The Morgan fingerprint density at radius 2 is 2.00 bits per heavy atom. The molecule has 0 N–H and O–H groups in total. The lowest BCUT2D eigenvalue weighted by atomic mass is 9.93. The summed E-state index contributed by atoms with van der Waals surface area (Å²) >= 11 is 6.25. The van der Waals surface area contributed by atoms with Gasteiger partial charge >= 0.3 is 5.82 Å². The van der Waals surface area contributed by atoms with Crippen molar-refractivity contribution in [3.63, 3.8) is 0 Å². The molecule has 2 aromatic rings. The van der Waals surface area contributed by atoms with Gasteiger partial charge in [-0.3, -0.25) is 9.69 Å². The smallest absolute Gasteiger partial charge is 0.268 e. The van der Waals surface area contributed by atoms with Crippen molar-refractivity contribution in [1.82, 2.24) is 24.8 Å². The summed E-state index contributed by atoms with van der Waals surface area (Å²) in [6.07, 6.45) is 3.40. The Morgan fingerprint density at radius 1 is 1.24 bits per heavy atom. The van der Waals surface area contributed by atoms with Gasteiger partial charge in [-0.1, -0.05) is 43.7 Å². The first-order valence-electron chi connectivity index (χ1n) is 7.86. The van der Waals surface area contributed by atoms with Gasteiger partial charge in [0.15, 0.2) is 0 Å². The first-order valence-corrected chi connectivity index (χ1v) is 8.24. The Hall–Kier alpha value is -2.51. The van der Waals surface area contributed by atoms with Crippen LogP contribution in [0.3, 0.4) is 0 Å². The topological polar surface area (TPSA) is 69.3 Å². The summed E-state index contributed by atoms with van der Waals surface area (Å²) in [6.45, 7) is 6.23. The SMILES string of the molecule is CN1C(=O)c2c(Cl)cccc2[N+]2C=NC(n3nncc3C(C)(C)C)=C12. The van der Waals surface area contributed by atoms with Gasteiger partial charge in [-0.05, 0) is 11.0 Å². The van der Waals surface area contributed by atoms with Crippen LogP contribution in [0, 0.1) is 0 Å². The van der Waals surface area contributed by atoms with Crippen molar-refractivity contribution in [3.05, 3.63) is 46.5 Å². The zero-order valence-electron chi connectivity index (χ0n) is 14.4. The number of fused-ring (bicyclic) bond motifs is 3. The molecule has 8 heteroatoms. The lowest BCUT2D eigenvalue weighted by Gasteiger charge is -2.25. The van der Waals surface area contributed by atoms with Crippen LogP contribution in [0.1, 0.15) is 36.8 Å². The summed E-state index contributed by atoms with van der Waals surface area (Å²) in [7, 11) is 1.71. The molecule has 7 nitrogen and oxygen atoms in total. The number of hydrogen-bond acceptors (Lipinski definition) is 5. The predicted octanol–water partition coefficient (Wildman–Crippen LogP) is 2.91. The van der Waals surface area contributed by atoms with E-state index in [4.69, 9.17) is 11.6 Å². The van der Waals surface area contributed by atoms with Gasteiger partial charge in [0.2, 0.25) is 11.5 Å². The lowest BCUT2D eigenvalue weighted by molar-refractivity contribution is 0.0815. The average Bonchev–Trinajstić information content (AvgIpc) is 3.18. The molecule has 0 fully saturated rings. The fourth-order valence-corrected chi connectivity index (χ4v) is 3.31. The summed E-state index contributed by atoms with van der Waals surface area (Å²) < 4.78 is 1.69. The third kappa shape index (κ3) is 2.23. The molecule has 2 aliphatic rings. The van der Waals surface area contributed by atoms with Gasteiger partial charge in [-0.2, -0.15) is 9.67 Å². The van der Waals surface area contributed by atoms with Gasteiger partial charge in [0.05, 0.1) is 16.9 Å².